The third kappa shape index (κ3) is 2.15. The summed E-state index contributed by atoms with van der Waals surface area (Å²) in [5.74, 6) is -1.16. The van der Waals surface area contributed by atoms with Crippen molar-refractivity contribution in [2.24, 2.45) is 0 Å². The van der Waals surface area contributed by atoms with E-state index in [1.54, 1.807) is 6.07 Å². The number of hydrogen-bond donors (Lipinski definition) is 1. The Hall–Kier alpha value is -2.43. The second-order valence-electron chi connectivity index (χ2n) is 4.06. The summed E-state index contributed by atoms with van der Waals surface area (Å²) in [4.78, 5) is 22.6. The van der Waals surface area contributed by atoms with Gasteiger partial charge in [0.05, 0.1) is 5.69 Å². The van der Waals surface area contributed by atoms with Gasteiger partial charge in [-0.3, -0.25) is 4.79 Å². The number of carboxylic acids is 1. The zero-order chi connectivity index (χ0) is 13.3. The van der Waals surface area contributed by atoms with Crippen LogP contribution >= 0.6 is 0 Å². The van der Waals surface area contributed by atoms with Crippen LogP contribution in [-0.4, -0.2) is 20.9 Å². The standard InChI is InChI=1S/C13H12N2O3/c1-8-3-5-11(9(2)7-8)15-12(16)6-4-10(14-15)13(17)18/h3-7H,1-2H3,(H,17,18). The Labute approximate surface area is 103 Å². The minimum atomic E-state index is -1.16. The van der Waals surface area contributed by atoms with E-state index >= 15 is 0 Å². The number of carbonyl (C=O) groups is 1. The average molecular weight is 244 g/mol. The Morgan fingerprint density at radius 1 is 1.22 bits per heavy atom. The number of aromatic nitrogens is 2. The van der Waals surface area contributed by atoms with Crippen LogP contribution in [0.3, 0.4) is 0 Å². The van der Waals surface area contributed by atoms with Gasteiger partial charge in [-0.15, -0.1) is 0 Å². The molecule has 0 spiro atoms. The number of rotatable bonds is 2. The number of carboxylic acid groups (broad SMARTS) is 1. The van der Waals surface area contributed by atoms with E-state index in [2.05, 4.69) is 5.10 Å². The van der Waals surface area contributed by atoms with Gasteiger partial charge in [-0.05, 0) is 31.5 Å². The third-order valence-corrected chi connectivity index (χ3v) is 2.60. The highest BCUT2D eigenvalue weighted by atomic mass is 16.4. The first-order chi connectivity index (χ1) is 8.49. The van der Waals surface area contributed by atoms with E-state index in [0.29, 0.717) is 5.69 Å². The lowest BCUT2D eigenvalue weighted by Crippen LogP contribution is -2.23. The highest BCUT2D eigenvalue weighted by Crippen LogP contribution is 2.13. The molecule has 0 amide bonds. The molecular formula is C13H12N2O3. The fourth-order valence-electron chi connectivity index (χ4n) is 1.74. The average Bonchev–Trinajstić information content (AvgIpc) is 2.30. The predicted molar refractivity (Wildman–Crippen MR) is 66.3 cm³/mol. The molecule has 0 saturated heterocycles. The number of hydrogen-bond acceptors (Lipinski definition) is 3. The molecule has 2 aromatic rings. The van der Waals surface area contributed by atoms with Gasteiger partial charge in [0.1, 0.15) is 0 Å². The first kappa shape index (κ1) is 12.0. The molecule has 0 atom stereocenters. The molecule has 1 N–H and O–H groups in total. The minimum Gasteiger partial charge on any atom is -0.476 e. The Kier molecular flexibility index (Phi) is 2.97. The van der Waals surface area contributed by atoms with Gasteiger partial charge < -0.3 is 5.11 Å². The van der Waals surface area contributed by atoms with Crippen molar-refractivity contribution in [2.75, 3.05) is 0 Å². The van der Waals surface area contributed by atoms with Crippen LogP contribution in [0.4, 0.5) is 0 Å². The van der Waals surface area contributed by atoms with Crippen molar-refractivity contribution in [3.63, 3.8) is 0 Å². The summed E-state index contributed by atoms with van der Waals surface area (Å²) in [7, 11) is 0. The monoisotopic (exact) mass is 244 g/mol. The van der Waals surface area contributed by atoms with Crippen LogP contribution in [-0.2, 0) is 0 Å². The molecule has 1 heterocycles. The molecular weight excluding hydrogens is 232 g/mol. The number of benzene rings is 1. The zero-order valence-electron chi connectivity index (χ0n) is 10.0. The highest BCUT2D eigenvalue weighted by molar-refractivity contribution is 5.84. The van der Waals surface area contributed by atoms with Crippen LogP contribution in [0.15, 0.2) is 35.1 Å². The van der Waals surface area contributed by atoms with Crippen molar-refractivity contribution in [1.82, 2.24) is 9.78 Å². The van der Waals surface area contributed by atoms with Gasteiger partial charge in [-0.25, -0.2) is 4.79 Å². The lowest BCUT2D eigenvalue weighted by atomic mass is 10.1. The predicted octanol–water partition coefficient (Wildman–Crippen LogP) is 1.55. The van der Waals surface area contributed by atoms with Crippen LogP contribution in [0.5, 0.6) is 0 Å². The molecule has 18 heavy (non-hydrogen) atoms. The lowest BCUT2D eigenvalue weighted by molar-refractivity contribution is 0.0688. The number of nitrogens with zero attached hydrogens (tertiary/aromatic N) is 2. The van der Waals surface area contributed by atoms with E-state index in [9.17, 15) is 9.59 Å². The van der Waals surface area contributed by atoms with Crippen LogP contribution in [0.1, 0.15) is 21.6 Å². The summed E-state index contributed by atoms with van der Waals surface area (Å²) >= 11 is 0. The molecule has 0 radical (unpaired) electrons. The largest absolute Gasteiger partial charge is 0.476 e. The maximum absolute atomic E-state index is 11.7. The molecule has 0 aliphatic heterocycles. The van der Waals surface area contributed by atoms with Gasteiger partial charge >= 0.3 is 5.97 Å². The lowest BCUT2D eigenvalue weighted by Gasteiger charge is -2.08. The second kappa shape index (κ2) is 4.44. The molecule has 0 aliphatic carbocycles. The molecule has 5 heteroatoms. The summed E-state index contributed by atoms with van der Waals surface area (Å²) in [6, 6.07) is 7.92. The molecule has 92 valence electrons. The van der Waals surface area contributed by atoms with E-state index in [1.807, 2.05) is 26.0 Å². The molecule has 1 aromatic heterocycles. The molecule has 1 aromatic carbocycles. The number of aromatic carboxylic acids is 1. The smallest absolute Gasteiger partial charge is 0.356 e. The normalized spacial score (nSPS) is 10.3. The number of aryl methyl sites for hydroxylation is 2. The van der Waals surface area contributed by atoms with Gasteiger partial charge in [0.15, 0.2) is 5.69 Å². The Morgan fingerprint density at radius 3 is 2.56 bits per heavy atom. The fourth-order valence-corrected chi connectivity index (χ4v) is 1.74. The molecule has 0 fully saturated rings. The van der Waals surface area contributed by atoms with Crippen LogP contribution in [0.2, 0.25) is 0 Å². The molecule has 0 aliphatic rings. The first-order valence-corrected chi connectivity index (χ1v) is 5.40. The van der Waals surface area contributed by atoms with Crippen molar-refractivity contribution in [2.45, 2.75) is 13.8 Å². The highest BCUT2D eigenvalue weighted by Gasteiger charge is 2.10. The Morgan fingerprint density at radius 2 is 1.94 bits per heavy atom. The van der Waals surface area contributed by atoms with E-state index in [1.165, 1.54) is 12.1 Å². The topological polar surface area (TPSA) is 72.2 Å². The summed E-state index contributed by atoms with van der Waals surface area (Å²) in [6.45, 7) is 3.80. The summed E-state index contributed by atoms with van der Waals surface area (Å²) in [6.07, 6.45) is 0. The SMILES string of the molecule is Cc1ccc(-n2nc(C(=O)O)ccc2=O)c(C)c1. The second-order valence-corrected chi connectivity index (χ2v) is 4.06. The van der Waals surface area contributed by atoms with Gasteiger partial charge in [-0.1, -0.05) is 17.7 Å². The molecule has 0 saturated carbocycles. The quantitative estimate of drug-likeness (QED) is 0.869. The summed E-state index contributed by atoms with van der Waals surface area (Å²) in [5.41, 5.74) is 2.01. The van der Waals surface area contributed by atoms with Crippen molar-refractivity contribution in [3.8, 4) is 5.69 Å². The van der Waals surface area contributed by atoms with Crippen LogP contribution in [0.25, 0.3) is 5.69 Å². The zero-order valence-corrected chi connectivity index (χ0v) is 10.0. The van der Waals surface area contributed by atoms with Gasteiger partial charge in [0.25, 0.3) is 5.56 Å². The Balaban J connectivity index is 2.66. The molecule has 5 nitrogen and oxygen atoms in total. The molecule has 0 unspecified atom stereocenters. The minimum absolute atomic E-state index is 0.158. The van der Waals surface area contributed by atoms with E-state index < -0.39 is 5.97 Å². The molecule has 2 rings (SSSR count). The van der Waals surface area contributed by atoms with E-state index in [0.717, 1.165) is 15.8 Å². The van der Waals surface area contributed by atoms with Gasteiger partial charge in [0.2, 0.25) is 0 Å². The van der Waals surface area contributed by atoms with Crippen LogP contribution < -0.4 is 5.56 Å². The maximum atomic E-state index is 11.7. The van der Waals surface area contributed by atoms with Crippen molar-refractivity contribution >= 4 is 5.97 Å². The van der Waals surface area contributed by atoms with Crippen LogP contribution in [0, 0.1) is 13.8 Å². The summed E-state index contributed by atoms with van der Waals surface area (Å²) in [5, 5.41) is 12.7. The summed E-state index contributed by atoms with van der Waals surface area (Å²) < 4.78 is 1.11. The van der Waals surface area contributed by atoms with Crippen molar-refractivity contribution in [1.29, 1.82) is 0 Å². The molecule has 0 bridgehead atoms. The fraction of sp³-hybridized carbons (Fsp3) is 0.154. The van der Waals surface area contributed by atoms with Gasteiger partial charge in [0, 0.05) is 6.07 Å². The van der Waals surface area contributed by atoms with Gasteiger partial charge in [-0.2, -0.15) is 9.78 Å². The first-order valence-electron chi connectivity index (χ1n) is 5.40. The third-order valence-electron chi connectivity index (χ3n) is 2.60. The maximum Gasteiger partial charge on any atom is 0.356 e. The Bertz CT molecular complexity index is 674. The van der Waals surface area contributed by atoms with E-state index in [-0.39, 0.29) is 11.3 Å². The van der Waals surface area contributed by atoms with Crippen molar-refractivity contribution < 1.29 is 9.90 Å². The van der Waals surface area contributed by atoms with Crippen molar-refractivity contribution in [3.05, 3.63) is 57.5 Å². The van der Waals surface area contributed by atoms with E-state index in [4.69, 9.17) is 5.11 Å².